The van der Waals surface area contributed by atoms with Gasteiger partial charge < -0.3 is 10.2 Å². The molecular formula is C11H22N2OS. The first-order valence-electron chi connectivity index (χ1n) is 5.68. The number of likely N-dealkylation sites (N-methyl/N-ethyl adjacent to an activating group) is 1. The maximum Gasteiger partial charge on any atom is 0.233 e. The molecule has 0 aromatic rings. The third-order valence-electron chi connectivity index (χ3n) is 3.08. The number of rotatable bonds is 4. The lowest BCUT2D eigenvalue weighted by Crippen LogP contribution is -2.42. The maximum atomic E-state index is 11.6. The highest BCUT2D eigenvalue weighted by Crippen LogP contribution is 2.14. The van der Waals surface area contributed by atoms with Crippen molar-refractivity contribution in [1.29, 1.82) is 0 Å². The van der Waals surface area contributed by atoms with Crippen LogP contribution in [-0.4, -0.2) is 42.2 Å². The van der Waals surface area contributed by atoms with E-state index >= 15 is 0 Å². The fraction of sp³-hybridized carbons (Fsp3) is 0.909. The van der Waals surface area contributed by atoms with E-state index in [4.69, 9.17) is 0 Å². The molecule has 1 saturated heterocycles. The Kier molecular flexibility index (Phi) is 4.93. The van der Waals surface area contributed by atoms with Gasteiger partial charge in [0.1, 0.15) is 0 Å². The molecule has 1 N–H and O–H groups in total. The summed E-state index contributed by atoms with van der Waals surface area (Å²) < 4.78 is 0. The summed E-state index contributed by atoms with van der Waals surface area (Å²) in [5.74, 6) is 0.350. The molecule has 88 valence electrons. The van der Waals surface area contributed by atoms with E-state index in [0.717, 1.165) is 13.1 Å². The van der Waals surface area contributed by atoms with Gasteiger partial charge in [-0.2, -0.15) is 12.6 Å². The van der Waals surface area contributed by atoms with Crippen LogP contribution in [0.3, 0.4) is 0 Å². The molecule has 2 unspecified atom stereocenters. The van der Waals surface area contributed by atoms with Crippen LogP contribution in [-0.2, 0) is 4.79 Å². The summed E-state index contributed by atoms with van der Waals surface area (Å²) in [5.41, 5.74) is 0. The molecule has 1 fully saturated rings. The highest BCUT2D eigenvalue weighted by Gasteiger charge is 2.23. The van der Waals surface area contributed by atoms with Crippen molar-refractivity contribution in [2.45, 2.75) is 38.0 Å². The molecule has 1 heterocycles. The molecule has 0 spiro atoms. The molecule has 0 saturated carbocycles. The van der Waals surface area contributed by atoms with Gasteiger partial charge in [0.2, 0.25) is 5.91 Å². The average Bonchev–Trinajstić information content (AvgIpc) is 2.59. The first-order valence-corrected chi connectivity index (χ1v) is 6.20. The SMILES string of the molecule is CC(C)C(S)C(=O)NCC1CCCN1C. The number of hydrogen-bond acceptors (Lipinski definition) is 3. The zero-order chi connectivity index (χ0) is 11.4. The van der Waals surface area contributed by atoms with Crippen LogP contribution in [0.1, 0.15) is 26.7 Å². The number of likely N-dealkylation sites (tertiary alicyclic amines) is 1. The molecule has 1 aliphatic rings. The fourth-order valence-corrected chi connectivity index (χ4v) is 1.95. The van der Waals surface area contributed by atoms with Crippen LogP contribution in [0.2, 0.25) is 0 Å². The molecule has 1 rings (SSSR count). The van der Waals surface area contributed by atoms with Crippen molar-refractivity contribution < 1.29 is 4.79 Å². The first-order chi connectivity index (χ1) is 7.02. The molecule has 2 atom stereocenters. The van der Waals surface area contributed by atoms with E-state index in [1.54, 1.807) is 0 Å². The highest BCUT2D eigenvalue weighted by atomic mass is 32.1. The van der Waals surface area contributed by atoms with Crippen molar-refractivity contribution in [1.82, 2.24) is 10.2 Å². The van der Waals surface area contributed by atoms with Crippen LogP contribution in [0.4, 0.5) is 0 Å². The average molecular weight is 230 g/mol. The topological polar surface area (TPSA) is 32.3 Å². The molecule has 3 nitrogen and oxygen atoms in total. The van der Waals surface area contributed by atoms with E-state index in [9.17, 15) is 4.79 Å². The molecule has 0 aromatic carbocycles. The molecule has 0 radical (unpaired) electrons. The minimum atomic E-state index is -0.184. The number of carbonyl (C=O) groups excluding carboxylic acids is 1. The number of amides is 1. The quantitative estimate of drug-likeness (QED) is 0.710. The predicted octanol–water partition coefficient (Wildman–Crippen LogP) is 1.15. The number of nitrogens with zero attached hydrogens (tertiary/aromatic N) is 1. The molecule has 0 aliphatic carbocycles. The monoisotopic (exact) mass is 230 g/mol. The van der Waals surface area contributed by atoms with Crippen molar-refractivity contribution in [3.05, 3.63) is 0 Å². The number of hydrogen-bond donors (Lipinski definition) is 2. The van der Waals surface area contributed by atoms with Gasteiger partial charge in [-0.3, -0.25) is 4.79 Å². The van der Waals surface area contributed by atoms with Gasteiger partial charge >= 0.3 is 0 Å². The molecule has 1 amide bonds. The fourth-order valence-electron chi connectivity index (χ4n) is 1.86. The van der Waals surface area contributed by atoms with Crippen molar-refractivity contribution in [2.24, 2.45) is 5.92 Å². The van der Waals surface area contributed by atoms with Crippen LogP contribution in [0.25, 0.3) is 0 Å². The van der Waals surface area contributed by atoms with Crippen LogP contribution in [0.5, 0.6) is 0 Å². The second-order valence-electron chi connectivity index (χ2n) is 4.71. The van der Waals surface area contributed by atoms with Crippen LogP contribution in [0.15, 0.2) is 0 Å². The minimum absolute atomic E-state index is 0.0635. The molecule has 4 heteroatoms. The van der Waals surface area contributed by atoms with E-state index in [0.29, 0.717) is 6.04 Å². The standard InChI is InChI=1S/C11H22N2OS/c1-8(2)10(15)11(14)12-7-9-5-4-6-13(9)3/h8-10,15H,4-7H2,1-3H3,(H,12,14). The van der Waals surface area contributed by atoms with E-state index in [-0.39, 0.29) is 17.1 Å². The second kappa shape index (κ2) is 5.75. The summed E-state index contributed by atoms with van der Waals surface area (Å²) in [6, 6.07) is 0.515. The summed E-state index contributed by atoms with van der Waals surface area (Å²) in [5, 5.41) is 2.80. The number of nitrogens with one attached hydrogen (secondary N) is 1. The summed E-state index contributed by atoms with van der Waals surface area (Å²) >= 11 is 4.29. The summed E-state index contributed by atoms with van der Waals surface area (Å²) in [7, 11) is 2.12. The molecule has 0 aromatic heterocycles. The summed E-state index contributed by atoms with van der Waals surface area (Å²) in [4.78, 5) is 14.0. The van der Waals surface area contributed by atoms with Gasteiger partial charge in [0.15, 0.2) is 0 Å². The Morgan fingerprint density at radius 2 is 2.27 bits per heavy atom. The Morgan fingerprint density at radius 3 is 2.73 bits per heavy atom. The zero-order valence-corrected chi connectivity index (χ0v) is 10.8. The van der Waals surface area contributed by atoms with Gasteiger partial charge in [-0.05, 0) is 32.4 Å². The van der Waals surface area contributed by atoms with Gasteiger partial charge in [-0.25, -0.2) is 0 Å². The largest absolute Gasteiger partial charge is 0.354 e. The van der Waals surface area contributed by atoms with Crippen molar-refractivity contribution in [3.63, 3.8) is 0 Å². The Bertz CT molecular complexity index is 221. The third-order valence-corrected chi connectivity index (χ3v) is 3.91. The maximum absolute atomic E-state index is 11.6. The summed E-state index contributed by atoms with van der Waals surface area (Å²) in [6.45, 7) is 5.94. The second-order valence-corrected chi connectivity index (χ2v) is 5.27. The minimum Gasteiger partial charge on any atom is -0.354 e. The van der Waals surface area contributed by atoms with Gasteiger partial charge in [0, 0.05) is 12.6 Å². The number of thiol groups is 1. The molecule has 1 aliphatic heterocycles. The van der Waals surface area contributed by atoms with Gasteiger partial charge in [-0.1, -0.05) is 13.8 Å². The predicted molar refractivity (Wildman–Crippen MR) is 66.3 cm³/mol. The van der Waals surface area contributed by atoms with E-state index in [1.165, 1.54) is 12.8 Å². The van der Waals surface area contributed by atoms with Gasteiger partial charge in [0.05, 0.1) is 5.25 Å². The third kappa shape index (κ3) is 3.68. The summed E-state index contributed by atoms with van der Waals surface area (Å²) in [6.07, 6.45) is 2.43. The van der Waals surface area contributed by atoms with Crippen molar-refractivity contribution in [3.8, 4) is 0 Å². The van der Waals surface area contributed by atoms with Gasteiger partial charge in [-0.15, -0.1) is 0 Å². The molecule has 0 bridgehead atoms. The van der Waals surface area contributed by atoms with E-state index in [1.807, 2.05) is 13.8 Å². The first kappa shape index (κ1) is 12.8. The Balaban J connectivity index is 2.27. The normalized spacial score (nSPS) is 24.5. The lowest BCUT2D eigenvalue weighted by atomic mass is 10.1. The van der Waals surface area contributed by atoms with E-state index in [2.05, 4.69) is 29.9 Å². The van der Waals surface area contributed by atoms with Crippen molar-refractivity contribution in [2.75, 3.05) is 20.1 Å². The smallest absolute Gasteiger partial charge is 0.233 e. The van der Waals surface area contributed by atoms with Crippen LogP contribution >= 0.6 is 12.6 Å². The zero-order valence-electron chi connectivity index (χ0n) is 9.86. The number of carbonyl (C=O) groups is 1. The van der Waals surface area contributed by atoms with Gasteiger partial charge in [0.25, 0.3) is 0 Å². The lowest BCUT2D eigenvalue weighted by molar-refractivity contribution is -0.121. The van der Waals surface area contributed by atoms with Crippen molar-refractivity contribution >= 4 is 18.5 Å². The molecule has 15 heavy (non-hydrogen) atoms. The lowest BCUT2D eigenvalue weighted by Gasteiger charge is -2.21. The Morgan fingerprint density at radius 1 is 1.60 bits per heavy atom. The van der Waals surface area contributed by atoms with E-state index < -0.39 is 0 Å². The Labute approximate surface area is 98.0 Å². The highest BCUT2D eigenvalue weighted by molar-refractivity contribution is 7.81. The van der Waals surface area contributed by atoms with Crippen LogP contribution in [0, 0.1) is 5.92 Å². The van der Waals surface area contributed by atoms with Crippen LogP contribution < -0.4 is 5.32 Å². The Hall–Kier alpha value is -0.220. The molecular weight excluding hydrogens is 208 g/mol.